The summed E-state index contributed by atoms with van der Waals surface area (Å²) in [5.74, 6) is 0.848. The van der Waals surface area contributed by atoms with E-state index < -0.39 is 0 Å². The van der Waals surface area contributed by atoms with E-state index in [-0.39, 0.29) is 0 Å². The van der Waals surface area contributed by atoms with E-state index in [1.165, 1.54) is 38.9 Å². The Labute approximate surface area is 229 Å². The van der Waals surface area contributed by atoms with Crippen LogP contribution in [0, 0.1) is 34.6 Å². The van der Waals surface area contributed by atoms with Crippen LogP contribution < -0.4 is 15.7 Å². The number of anilines is 2. The molecule has 2 N–H and O–H groups in total. The van der Waals surface area contributed by atoms with Crippen LogP contribution in [0.5, 0.6) is 0 Å². The van der Waals surface area contributed by atoms with Crippen molar-refractivity contribution in [3.8, 4) is 22.5 Å². The van der Waals surface area contributed by atoms with Crippen molar-refractivity contribution < 1.29 is 9.41 Å². The van der Waals surface area contributed by atoms with Gasteiger partial charge in [0, 0.05) is 51.1 Å². The molecule has 0 spiro atoms. The molecule has 0 radical (unpaired) electrons. The maximum absolute atomic E-state index is 6.65. The topological polar surface area (TPSA) is 39.1 Å². The van der Waals surface area contributed by atoms with Gasteiger partial charge < -0.3 is 9.73 Å². The maximum atomic E-state index is 6.65. The van der Waals surface area contributed by atoms with Crippen LogP contribution >= 0.6 is 0 Å². The van der Waals surface area contributed by atoms with Crippen LogP contribution in [0.15, 0.2) is 101 Å². The third-order valence-electron chi connectivity index (χ3n) is 7.64. The molecule has 0 saturated carbocycles. The summed E-state index contributed by atoms with van der Waals surface area (Å²) in [6.07, 6.45) is 0. The Morgan fingerprint density at radius 2 is 1.26 bits per heavy atom. The molecule has 1 aliphatic carbocycles. The van der Waals surface area contributed by atoms with Crippen molar-refractivity contribution in [3.63, 3.8) is 0 Å². The van der Waals surface area contributed by atoms with Gasteiger partial charge in [0.05, 0.1) is 6.07 Å². The molecule has 2 aliphatic rings. The summed E-state index contributed by atoms with van der Waals surface area (Å²) in [6, 6.07) is 34.2. The Bertz CT molecular complexity index is 1850. The quantitative estimate of drug-likeness (QED) is 0.238. The second-order valence-electron chi connectivity index (χ2n) is 10.5. The first-order valence-electron chi connectivity index (χ1n) is 13.4. The highest BCUT2D eigenvalue weighted by atomic mass is 16.3. The van der Waals surface area contributed by atoms with Gasteiger partial charge in [-0.05, 0) is 75.1 Å². The fraction of sp³-hybridized carbons (Fsp3) is 0.139. The van der Waals surface area contributed by atoms with E-state index >= 15 is 0 Å². The lowest BCUT2D eigenvalue weighted by Crippen LogP contribution is -2.71. The number of hydrogen-bond acceptors (Lipinski definition) is 2. The second-order valence-corrected chi connectivity index (χ2v) is 10.5. The SMILES string of the molecule is Cc1ccccc1-c1c2ccc(=[NH+]c3c(C)cccc3C)cc-2oc2cc(Nc3c(C)cccc3C)ccc12. The van der Waals surface area contributed by atoms with Gasteiger partial charge in [-0.2, -0.15) is 0 Å². The molecule has 4 aromatic carbocycles. The van der Waals surface area contributed by atoms with Gasteiger partial charge in [-0.1, -0.05) is 60.7 Å². The van der Waals surface area contributed by atoms with E-state index in [0.717, 1.165) is 44.7 Å². The van der Waals surface area contributed by atoms with Gasteiger partial charge >= 0.3 is 0 Å². The summed E-state index contributed by atoms with van der Waals surface area (Å²) in [4.78, 5) is 3.64. The highest BCUT2D eigenvalue weighted by Crippen LogP contribution is 2.41. The zero-order chi connectivity index (χ0) is 27.1. The molecule has 0 saturated heterocycles. The largest absolute Gasteiger partial charge is 0.456 e. The molecule has 0 bridgehead atoms. The van der Waals surface area contributed by atoms with E-state index in [4.69, 9.17) is 4.42 Å². The maximum Gasteiger partial charge on any atom is 0.209 e. The highest BCUT2D eigenvalue weighted by Gasteiger charge is 2.19. The molecule has 0 amide bonds. The Hall–Kier alpha value is -4.63. The first-order chi connectivity index (χ1) is 18.9. The van der Waals surface area contributed by atoms with Crippen molar-refractivity contribution in [1.29, 1.82) is 0 Å². The molecule has 4 aromatic rings. The molecule has 0 atom stereocenters. The van der Waals surface area contributed by atoms with E-state index in [9.17, 15) is 0 Å². The number of nitrogens with one attached hydrogen (secondary N) is 2. The summed E-state index contributed by atoms with van der Waals surface area (Å²) < 4.78 is 6.65. The molecular weight excluding hydrogens is 476 g/mol. The minimum atomic E-state index is 0.848. The smallest absolute Gasteiger partial charge is 0.209 e. The zero-order valence-corrected chi connectivity index (χ0v) is 23.1. The van der Waals surface area contributed by atoms with E-state index in [1.807, 2.05) is 0 Å². The first kappa shape index (κ1) is 24.7. The summed E-state index contributed by atoms with van der Waals surface area (Å²) in [5.41, 5.74) is 13.7. The minimum absolute atomic E-state index is 0.848. The molecule has 1 aliphatic heterocycles. The van der Waals surface area contributed by atoms with E-state index in [2.05, 4.69) is 142 Å². The monoisotopic (exact) mass is 509 g/mol. The van der Waals surface area contributed by atoms with E-state index in [0.29, 0.717) is 0 Å². The number of benzene rings is 5. The Balaban J connectivity index is 1.59. The number of aryl methyl sites for hydroxylation is 5. The third-order valence-corrected chi connectivity index (χ3v) is 7.64. The molecule has 1 heterocycles. The van der Waals surface area contributed by atoms with Crippen molar-refractivity contribution in [1.82, 2.24) is 0 Å². The van der Waals surface area contributed by atoms with Crippen molar-refractivity contribution in [3.05, 3.63) is 130 Å². The lowest BCUT2D eigenvalue weighted by Gasteiger charge is -2.18. The van der Waals surface area contributed by atoms with Crippen molar-refractivity contribution in [2.75, 3.05) is 5.32 Å². The van der Waals surface area contributed by atoms with Gasteiger partial charge in [-0.15, -0.1) is 0 Å². The lowest BCUT2D eigenvalue weighted by molar-refractivity contribution is -0.403. The van der Waals surface area contributed by atoms with Crippen LogP contribution in [0.4, 0.5) is 17.1 Å². The van der Waals surface area contributed by atoms with Crippen LogP contribution in [0.1, 0.15) is 27.8 Å². The molecule has 192 valence electrons. The highest BCUT2D eigenvalue weighted by molar-refractivity contribution is 6.03. The predicted octanol–water partition coefficient (Wildman–Crippen LogP) is 7.80. The molecule has 3 nitrogen and oxygen atoms in total. The van der Waals surface area contributed by atoms with Gasteiger partial charge in [0.1, 0.15) is 11.3 Å². The van der Waals surface area contributed by atoms with Crippen LogP contribution in [0.2, 0.25) is 0 Å². The standard InChI is InChI=1S/C36H32N2O/c1-22-10-6-7-15-29(22)34-30-18-16-27(37-35-23(2)11-8-12-24(35)3)20-32(30)39-33-21-28(17-19-31(33)34)38-36-25(4)13-9-14-26(36)5/h6-21,37H,1-5H3/p+1. The van der Waals surface area contributed by atoms with Gasteiger partial charge in [0.2, 0.25) is 11.0 Å². The lowest BCUT2D eigenvalue weighted by atomic mass is 9.91. The fourth-order valence-electron chi connectivity index (χ4n) is 5.50. The Morgan fingerprint density at radius 1 is 0.590 bits per heavy atom. The number of rotatable bonds is 4. The summed E-state index contributed by atoms with van der Waals surface area (Å²) in [7, 11) is 0. The number of hydrogen-bond donors (Lipinski definition) is 2. The minimum Gasteiger partial charge on any atom is -0.456 e. The second kappa shape index (κ2) is 9.92. The van der Waals surface area contributed by atoms with Gasteiger partial charge in [0.15, 0.2) is 0 Å². The normalized spacial score (nSPS) is 11.9. The van der Waals surface area contributed by atoms with Gasteiger partial charge in [0.25, 0.3) is 0 Å². The van der Waals surface area contributed by atoms with Crippen molar-refractivity contribution in [2.24, 2.45) is 0 Å². The van der Waals surface area contributed by atoms with Gasteiger partial charge in [-0.3, -0.25) is 0 Å². The average Bonchev–Trinajstić information content (AvgIpc) is 2.92. The summed E-state index contributed by atoms with van der Waals surface area (Å²) in [6.45, 7) is 10.7. The molecule has 0 unspecified atom stereocenters. The number of para-hydroxylation sites is 2. The molecule has 0 aromatic heterocycles. The van der Waals surface area contributed by atoms with Gasteiger partial charge in [-0.25, -0.2) is 4.99 Å². The number of fused-ring (bicyclic) bond motifs is 2. The van der Waals surface area contributed by atoms with Crippen LogP contribution in [-0.2, 0) is 0 Å². The fourth-order valence-corrected chi connectivity index (χ4v) is 5.50. The Kier molecular flexibility index (Phi) is 6.28. The zero-order valence-electron chi connectivity index (χ0n) is 23.1. The summed E-state index contributed by atoms with van der Waals surface area (Å²) in [5, 5.41) is 5.74. The molecular formula is C36H33N2O+. The van der Waals surface area contributed by atoms with Crippen molar-refractivity contribution in [2.45, 2.75) is 34.6 Å². The molecule has 3 heteroatoms. The van der Waals surface area contributed by atoms with Crippen LogP contribution in [0.3, 0.4) is 0 Å². The Morgan fingerprint density at radius 3 is 1.97 bits per heavy atom. The molecule has 0 fully saturated rings. The first-order valence-corrected chi connectivity index (χ1v) is 13.4. The predicted molar refractivity (Wildman–Crippen MR) is 162 cm³/mol. The summed E-state index contributed by atoms with van der Waals surface area (Å²) >= 11 is 0. The van der Waals surface area contributed by atoms with Crippen LogP contribution in [-0.4, -0.2) is 0 Å². The molecule has 39 heavy (non-hydrogen) atoms. The average molecular weight is 510 g/mol. The molecule has 6 rings (SSSR count). The third kappa shape index (κ3) is 4.61. The van der Waals surface area contributed by atoms with Crippen molar-refractivity contribution >= 4 is 28.0 Å². The van der Waals surface area contributed by atoms with Crippen LogP contribution in [0.25, 0.3) is 33.4 Å². The van der Waals surface area contributed by atoms with E-state index in [1.54, 1.807) is 0 Å².